The Bertz CT molecular complexity index is 959. The smallest absolute Gasteiger partial charge is 0.358 e. The predicted molar refractivity (Wildman–Crippen MR) is 89.5 cm³/mol. The summed E-state index contributed by atoms with van der Waals surface area (Å²) in [5.74, 6) is -0.407. The number of aromatic nitrogens is 6. The third-order valence-corrected chi connectivity index (χ3v) is 4.62. The summed E-state index contributed by atoms with van der Waals surface area (Å²) in [4.78, 5) is 14.3. The van der Waals surface area contributed by atoms with Crippen LogP contribution in [0.4, 0.5) is 5.69 Å². The maximum atomic E-state index is 12.1. The predicted octanol–water partition coefficient (Wildman–Crippen LogP) is 0.769. The average molecular weight is 341 g/mol. The SMILES string of the molecule is CCc1cc(N2CCc3c(c(C(=O)OC)nn3C)C2)c2nncn2n1. The Hall–Kier alpha value is -2.97. The molecule has 0 saturated heterocycles. The van der Waals surface area contributed by atoms with Crippen molar-refractivity contribution in [2.75, 3.05) is 18.6 Å². The second kappa shape index (κ2) is 5.83. The minimum atomic E-state index is -0.407. The molecule has 4 rings (SSSR count). The van der Waals surface area contributed by atoms with Gasteiger partial charge in [-0.05, 0) is 12.5 Å². The molecule has 1 aliphatic rings. The molecule has 25 heavy (non-hydrogen) atoms. The second-order valence-electron chi connectivity index (χ2n) is 6.03. The van der Waals surface area contributed by atoms with Gasteiger partial charge in [-0.3, -0.25) is 4.68 Å². The minimum absolute atomic E-state index is 0.381. The van der Waals surface area contributed by atoms with Crippen LogP contribution in [0.1, 0.15) is 34.4 Å². The molecule has 9 nitrogen and oxygen atoms in total. The fourth-order valence-corrected chi connectivity index (χ4v) is 3.33. The summed E-state index contributed by atoms with van der Waals surface area (Å²) in [6.45, 7) is 3.44. The van der Waals surface area contributed by atoms with Gasteiger partial charge < -0.3 is 9.64 Å². The molecule has 1 aliphatic heterocycles. The molecule has 3 aromatic heterocycles. The lowest BCUT2D eigenvalue weighted by Gasteiger charge is -2.29. The van der Waals surface area contributed by atoms with Gasteiger partial charge >= 0.3 is 5.97 Å². The van der Waals surface area contributed by atoms with Crippen molar-refractivity contribution >= 4 is 17.3 Å². The van der Waals surface area contributed by atoms with Gasteiger partial charge in [0.2, 0.25) is 5.65 Å². The summed E-state index contributed by atoms with van der Waals surface area (Å²) in [6.07, 6.45) is 3.22. The zero-order valence-corrected chi connectivity index (χ0v) is 14.4. The second-order valence-corrected chi connectivity index (χ2v) is 6.03. The van der Waals surface area contributed by atoms with Gasteiger partial charge in [-0.2, -0.15) is 14.7 Å². The third-order valence-electron chi connectivity index (χ3n) is 4.62. The van der Waals surface area contributed by atoms with Gasteiger partial charge in [0.15, 0.2) is 5.69 Å². The monoisotopic (exact) mass is 341 g/mol. The van der Waals surface area contributed by atoms with Crippen LogP contribution in [-0.4, -0.2) is 49.2 Å². The molecule has 0 saturated carbocycles. The Morgan fingerprint density at radius 1 is 1.36 bits per heavy atom. The molecular formula is C16H19N7O2. The highest BCUT2D eigenvalue weighted by Gasteiger charge is 2.29. The Labute approximate surface area is 144 Å². The molecule has 130 valence electrons. The highest BCUT2D eigenvalue weighted by molar-refractivity contribution is 5.89. The van der Waals surface area contributed by atoms with E-state index in [0.29, 0.717) is 17.9 Å². The Morgan fingerprint density at radius 2 is 2.20 bits per heavy atom. The molecular weight excluding hydrogens is 322 g/mol. The first kappa shape index (κ1) is 15.6. The molecule has 0 bridgehead atoms. The molecule has 3 aromatic rings. The number of esters is 1. The average Bonchev–Trinajstić information content (AvgIpc) is 3.24. The molecule has 0 amide bonds. The van der Waals surface area contributed by atoms with Crippen molar-refractivity contribution in [3.63, 3.8) is 0 Å². The Morgan fingerprint density at radius 3 is 2.96 bits per heavy atom. The van der Waals surface area contributed by atoms with Crippen LogP contribution in [0.15, 0.2) is 12.4 Å². The van der Waals surface area contributed by atoms with Gasteiger partial charge in [-0.1, -0.05) is 6.92 Å². The standard InChI is InChI=1S/C16H19N7O2/c1-4-10-7-13(15-18-17-9-23(15)19-10)22-6-5-12-11(8-22)14(16(24)25-3)20-21(12)2/h7,9H,4-6,8H2,1-3H3. The zero-order chi connectivity index (χ0) is 17.6. The van der Waals surface area contributed by atoms with Crippen LogP contribution >= 0.6 is 0 Å². The van der Waals surface area contributed by atoms with E-state index in [0.717, 1.165) is 42.0 Å². The van der Waals surface area contributed by atoms with E-state index < -0.39 is 5.97 Å². The molecule has 0 fully saturated rings. The van der Waals surface area contributed by atoms with E-state index >= 15 is 0 Å². The maximum Gasteiger partial charge on any atom is 0.358 e. The van der Waals surface area contributed by atoms with Crippen molar-refractivity contribution in [1.82, 2.24) is 29.6 Å². The van der Waals surface area contributed by atoms with Crippen LogP contribution < -0.4 is 4.90 Å². The van der Waals surface area contributed by atoms with Crippen LogP contribution in [0.3, 0.4) is 0 Å². The van der Waals surface area contributed by atoms with Gasteiger partial charge in [0.05, 0.1) is 18.5 Å². The molecule has 4 heterocycles. The number of methoxy groups -OCH3 is 1. The number of rotatable bonds is 3. The van der Waals surface area contributed by atoms with Gasteiger partial charge in [-0.15, -0.1) is 10.2 Å². The van der Waals surface area contributed by atoms with Crippen LogP contribution in [0, 0.1) is 0 Å². The van der Waals surface area contributed by atoms with Gasteiger partial charge in [-0.25, -0.2) is 4.79 Å². The fraction of sp³-hybridized carbons (Fsp3) is 0.438. The normalized spacial score (nSPS) is 14.0. The molecule has 0 atom stereocenters. The van der Waals surface area contributed by atoms with Gasteiger partial charge in [0.1, 0.15) is 6.33 Å². The van der Waals surface area contributed by atoms with E-state index in [1.54, 1.807) is 15.5 Å². The molecule has 0 unspecified atom stereocenters. The molecule has 0 aliphatic carbocycles. The van der Waals surface area contributed by atoms with Crippen molar-refractivity contribution in [1.29, 1.82) is 0 Å². The van der Waals surface area contributed by atoms with Crippen LogP contribution in [0.2, 0.25) is 0 Å². The van der Waals surface area contributed by atoms with E-state index in [1.165, 1.54) is 7.11 Å². The number of carbonyl (C=O) groups excluding carboxylic acids is 1. The van der Waals surface area contributed by atoms with E-state index in [9.17, 15) is 4.79 Å². The number of hydrogen-bond donors (Lipinski definition) is 0. The van der Waals surface area contributed by atoms with Crippen molar-refractivity contribution in [2.24, 2.45) is 7.05 Å². The van der Waals surface area contributed by atoms with E-state index in [-0.39, 0.29) is 0 Å². The summed E-state index contributed by atoms with van der Waals surface area (Å²) >= 11 is 0. The molecule has 0 spiro atoms. The van der Waals surface area contributed by atoms with E-state index in [2.05, 4.69) is 32.2 Å². The molecule has 0 aromatic carbocycles. The Balaban J connectivity index is 1.78. The van der Waals surface area contributed by atoms with Crippen molar-refractivity contribution < 1.29 is 9.53 Å². The highest BCUT2D eigenvalue weighted by Crippen LogP contribution is 2.29. The maximum absolute atomic E-state index is 12.1. The van der Waals surface area contributed by atoms with Crippen LogP contribution in [-0.2, 0) is 31.2 Å². The van der Waals surface area contributed by atoms with Crippen molar-refractivity contribution in [3.8, 4) is 0 Å². The van der Waals surface area contributed by atoms with Crippen LogP contribution in [0.25, 0.3) is 5.65 Å². The quantitative estimate of drug-likeness (QED) is 0.650. The first-order chi connectivity index (χ1) is 12.1. The van der Waals surface area contributed by atoms with Crippen molar-refractivity contribution in [2.45, 2.75) is 26.3 Å². The third kappa shape index (κ3) is 2.43. The van der Waals surface area contributed by atoms with Crippen LogP contribution in [0.5, 0.6) is 0 Å². The number of anilines is 1. The number of nitrogens with zero attached hydrogens (tertiary/aromatic N) is 7. The molecule has 9 heteroatoms. The summed E-state index contributed by atoms with van der Waals surface area (Å²) in [6, 6.07) is 2.04. The summed E-state index contributed by atoms with van der Waals surface area (Å²) < 4.78 is 8.36. The van der Waals surface area contributed by atoms with Crippen molar-refractivity contribution in [3.05, 3.63) is 35.0 Å². The Kier molecular flexibility index (Phi) is 3.63. The molecule has 0 radical (unpaired) electrons. The molecule has 0 N–H and O–H groups in total. The fourth-order valence-electron chi connectivity index (χ4n) is 3.33. The zero-order valence-electron chi connectivity index (χ0n) is 14.4. The topological polar surface area (TPSA) is 90.4 Å². The lowest BCUT2D eigenvalue weighted by Crippen LogP contribution is -2.32. The lowest BCUT2D eigenvalue weighted by atomic mass is 10.0. The summed E-state index contributed by atoms with van der Waals surface area (Å²) in [5.41, 5.74) is 5.00. The number of carbonyl (C=O) groups is 1. The van der Waals surface area contributed by atoms with E-state index in [4.69, 9.17) is 4.74 Å². The number of fused-ring (bicyclic) bond motifs is 2. The van der Waals surface area contributed by atoms with E-state index in [1.807, 2.05) is 13.1 Å². The summed E-state index contributed by atoms with van der Waals surface area (Å²) in [7, 11) is 3.24. The largest absolute Gasteiger partial charge is 0.464 e. The number of hydrogen-bond acceptors (Lipinski definition) is 7. The van der Waals surface area contributed by atoms with Gasteiger partial charge in [0, 0.05) is 37.8 Å². The lowest BCUT2D eigenvalue weighted by molar-refractivity contribution is 0.0592. The highest BCUT2D eigenvalue weighted by atomic mass is 16.5. The number of ether oxygens (including phenoxy) is 1. The first-order valence-electron chi connectivity index (χ1n) is 8.20. The first-order valence-corrected chi connectivity index (χ1v) is 8.20. The minimum Gasteiger partial charge on any atom is -0.464 e. The summed E-state index contributed by atoms with van der Waals surface area (Å²) in [5, 5.41) is 17.0. The van der Waals surface area contributed by atoms with Gasteiger partial charge in [0.25, 0.3) is 0 Å². The number of aryl methyl sites for hydroxylation is 2.